The molecule has 20 heavy (non-hydrogen) atoms. The second-order valence-electron chi connectivity index (χ2n) is 3.99. The third-order valence-electron chi connectivity index (χ3n) is 2.67. The van der Waals surface area contributed by atoms with Crippen LogP contribution in [0.3, 0.4) is 0 Å². The Hall–Kier alpha value is -2.71. The maximum atomic E-state index is 13.0. The number of aromatic nitrogens is 5. The second kappa shape index (κ2) is 4.15. The molecular formula is C11H7F3N6. The van der Waals surface area contributed by atoms with Crippen molar-refractivity contribution in [2.45, 2.75) is 6.18 Å². The van der Waals surface area contributed by atoms with Gasteiger partial charge in [0.05, 0.1) is 23.7 Å². The maximum absolute atomic E-state index is 13.0. The zero-order valence-corrected chi connectivity index (χ0v) is 9.83. The molecule has 9 heteroatoms. The molecule has 0 bridgehead atoms. The predicted octanol–water partition coefficient (Wildman–Crippen LogP) is 1.79. The van der Waals surface area contributed by atoms with E-state index in [9.17, 15) is 13.2 Å². The van der Waals surface area contributed by atoms with Gasteiger partial charge in [0.2, 0.25) is 0 Å². The lowest BCUT2D eigenvalue weighted by Gasteiger charge is -2.12. The monoisotopic (exact) mass is 280 g/mol. The molecule has 0 aromatic carbocycles. The van der Waals surface area contributed by atoms with Crippen molar-refractivity contribution in [2.24, 2.45) is 0 Å². The SMILES string of the molecule is Nc1cc(-c2cn3ncnc3cn2)c(C(F)(F)F)cn1. The summed E-state index contributed by atoms with van der Waals surface area (Å²) in [5.74, 6) is -0.0199. The van der Waals surface area contributed by atoms with Crippen molar-refractivity contribution in [3.63, 3.8) is 0 Å². The van der Waals surface area contributed by atoms with Gasteiger partial charge >= 0.3 is 6.18 Å². The summed E-state index contributed by atoms with van der Waals surface area (Å²) >= 11 is 0. The van der Waals surface area contributed by atoms with E-state index in [1.807, 2.05) is 0 Å². The van der Waals surface area contributed by atoms with E-state index in [1.165, 1.54) is 23.2 Å². The zero-order chi connectivity index (χ0) is 14.3. The molecule has 0 aliphatic heterocycles. The van der Waals surface area contributed by atoms with Crippen LogP contribution in [0, 0.1) is 0 Å². The van der Waals surface area contributed by atoms with Crippen molar-refractivity contribution in [1.82, 2.24) is 24.6 Å². The molecule has 3 aromatic heterocycles. The van der Waals surface area contributed by atoms with Crippen molar-refractivity contribution in [2.75, 3.05) is 5.73 Å². The number of hydrogen-bond acceptors (Lipinski definition) is 5. The summed E-state index contributed by atoms with van der Waals surface area (Å²) in [6.45, 7) is 0. The molecule has 0 fully saturated rings. The molecule has 0 spiro atoms. The number of nitrogens with two attached hydrogens (primary N) is 1. The molecule has 0 saturated carbocycles. The zero-order valence-electron chi connectivity index (χ0n) is 9.83. The van der Waals surface area contributed by atoms with E-state index in [2.05, 4.69) is 20.1 Å². The van der Waals surface area contributed by atoms with Crippen LogP contribution >= 0.6 is 0 Å². The average molecular weight is 280 g/mol. The third-order valence-corrected chi connectivity index (χ3v) is 2.67. The lowest BCUT2D eigenvalue weighted by atomic mass is 10.1. The number of nitrogen functional groups attached to an aromatic ring is 1. The summed E-state index contributed by atoms with van der Waals surface area (Å²) in [6, 6.07) is 1.13. The van der Waals surface area contributed by atoms with Gasteiger partial charge in [-0.2, -0.15) is 18.3 Å². The first-order chi connectivity index (χ1) is 9.45. The quantitative estimate of drug-likeness (QED) is 0.734. The summed E-state index contributed by atoms with van der Waals surface area (Å²) in [4.78, 5) is 11.3. The highest BCUT2D eigenvalue weighted by Gasteiger charge is 2.34. The van der Waals surface area contributed by atoms with Crippen LogP contribution < -0.4 is 5.73 Å². The van der Waals surface area contributed by atoms with Crippen molar-refractivity contribution >= 4 is 11.5 Å². The average Bonchev–Trinajstić information content (AvgIpc) is 2.84. The fraction of sp³-hybridized carbons (Fsp3) is 0.0909. The van der Waals surface area contributed by atoms with E-state index >= 15 is 0 Å². The van der Waals surface area contributed by atoms with E-state index in [0.29, 0.717) is 11.8 Å². The number of halogens is 3. The van der Waals surface area contributed by atoms with Crippen LogP contribution in [-0.2, 0) is 6.18 Å². The fourth-order valence-electron chi connectivity index (χ4n) is 1.78. The van der Waals surface area contributed by atoms with Crippen molar-refractivity contribution < 1.29 is 13.2 Å². The Kier molecular flexibility index (Phi) is 2.56. The van der Waals surface area contributed by atoms with E-state index in [1.54, 1.807) is 0 Å². The number of pyridine rings is 1. The van der Waals surface area contributed by atoms with Gasteiger partial charge in [0.25, 0.3) is 0 Å². The van der Waals surface area contributed by atoms with Gasteiger partial charge in [-0.25, -0.2) is 14.5 Å². The number of alkyl halides is 3. The van der Waals surface area contributed by atoms with Crippen LogP contribution in [-0.4, -0.2) is 24.6 Å². The first kappa shape index (κ1) is 12.3. The van der Waals surface area contributed by atoms with Gasteiger partial charge in [0.15, 0.2) is 5.65 Å². The third kappa shape index (κ3) is 2.02. The minimum Gasteiger partial charge on any atom is -0.384 e. The highest BCUT2D eigenvalue weighted by atomic mass is 19.4. The predicted molar refractivity (Wildman–Crippen MR) is 63.4 cm³/mol. The Labute approximate surface area is 110 Å². The lowest BCUT2D eigenvalue weighted by Crippen LogP contribution is -2.09. The molecule has 2 N–H and O–H groups in total. The van der Waals surface area contributed by atoms with Crippen LogP contribution in [0.2, 0.25) is 0 Å². The normalized spacial score (nSPS) is 11.9. The van der Waals surface area contributed by atoms with Crippen molar-refractivity contribution in [1.29, 1.82) is 0 Å². The van der Waals surface area contributed by atoms with Gasteiger partial charge < -0.3 is 5.73 Å². The topological polar surface area (TPSA) is 82.0 Å². The molecule has 3 heterocycles. The first-order valence-corrected chi connectivity index (χ1v) is 5.43. The standard InChI is InChI=1S/C11H7F3N6/c12-11(13,14)7-2-17-9(15)1-6(7)8-4-20-10(3-16-8)18-5-19-20/h1-5H,(H2,15,17). The van der Waals surface area contributed by atoms with Crippen molar-refractivity contribution in [3.8, 4) is 11.3 Å². The van der Waals surface area contributed by atoms with Crippen LogP contribution in [0.15, 0.2) is 31.0 Å². The van der Waals surface area contributed by atoms with Crippen LogP contribution in [0.1, 0.15) is 5.56 Å². The Morgan fingerprint density at radius 1 is 1.10 bits per heavy atom. The summed E-state index contributed by atoms with van der Waals surface area (Å²) in [6.07, 6.45) is 0.116. The van der Waals surface area contributed by atoms with Crippen LogP contribution in [0.4, 0.5) is 19.0 Å². The highest BCUT2D eigenvalue weighted by molar-refractivity contribution is 5.67. The molecule has 102 valence electrons. The number of nitrogens with zero attached hydrogens (tertiary/aromatic N) is 5. The summed E-state index contributed by atoms with van der Waals surface area (Å²) < 4.78 is 40.3. The largest absolute Gasteiger partial charge is 0.418 e. The minimum absolute atomic E-state index is 0.0199. The Morgan fingerprint density at radius 2 is 1.90 bits per heavy atom. The van der Waals surface area contributed by atoms with E-state index in [4.69, 9.17) is 5.73 Å². The molecule has 0 aliphatic carbocycles. The van der Waals surface area contributed by atoms with Gasteiger partial charge in [-0.05, 0) is 6.07 Å². The Balaban J connectivity index is 2.24. The summed E-state index contributed by atoms with van der Waals surface area (Å²) in [5.41, 5.74) is 4.93. The molecular weight excluding hydrogens is 273 g/mol. The number of fused-ring (bicyclic) bond motifs is 1. The highest BCUT2D eigenvalue weighted by Crippen LogP contribution is 2.36. The molecule has 3 rings (SSSR count). The van der Waals surface area contributed by atoms with Gasteiger partial charge in [0.1, 0.15) is 12.1 Å². The van der Waals surface area contributed by atoms with Crippen molar-refractivity contribution in [3.05, 3.63) is 36.5 Å². The van der Waals surface area contributed by atoms with Crippen LogP contribution in [0.5, 0.6) is 0 Å². The Morgan fingerprint density at radius 3 is 2.65 bits per heavy atom. The van der Waals surface area contributed by atoms with Gasteiger partial charge in [-0.3, -0.25) is 4.98 Å². The molecule has 0 amide bonds. The molecule has 0 saturated heterocycles. The number of anilines is 1. The van der Waals surface area contributed by atoms with E-state index in [-0.39, 0.29) is 17.1 Å². The van der Waals surface area contributed by atoms with Gasteiger partial charge in [0, 0.05) is 11.8 Å². The second-order valence-corrected chi connectivity index (χ2v) is 3.99. The Bertz CT molecular complexity index is 779. The van der Waals surface area contributed by atoms with Gasteiger partial charge in [-0.1, -0.05) is 0 Å². The fourth-order valence-corrected chi connectivity index (χ4v) is 1.78. The van der Waals surface area contributed by atoms with Gasteiger partial charge in [-0.15, -0.1) is 0 Å². The summed E-state index contributed by atoms with van der Waals surface area (Å²) in [7, 11) is 0. The summed E-state index contributed by atoms with van der Waals surface area (Å²) in [5, 5.41) is 3.86. The minimum atomic E-state index is -4.55. The van der Waals surface area contributed by atoms with E-state index < -0.39 is 11.7 Å². The number of rotatable bonds is 1. The first-order valence-electron chi connectivity index (χ1n) is 5.43. The molecule has 0 atom stereocenters. The molecule has 3 aromatic rings. The lowest BCUT2D eigenvalue weighted by molar-refractivity contribution is -0.137. The molecule has 0 radical (unpaired) electrons. The number of hydrogen-bond donors (Lipinski definition) is 1. The molecule has 0 unspecified atom stereocenters. The van der Waals surface area contributed by atoms with E-state index in [0.717, 1.165) is 6.07 Å². The molecule has 0 aliphatic rings. The smallest absolute Gasteiger partial charge is 0.384 e. The maximum Gasteiger partial charge on any atom is 0.418 e. The molecule has 6 nitrogen and oxygen atoms in total. The van der Waals surface area contributed by atoms with Crippen LogP contribution in [0.25, 0.3) is 16.9 Å².